The van der Waals surface area contributed by atoms with Crippen molar-refractivity contribution in [3.05, 3.63) is 29.8 Å². The average molecular weight is 345 g/mol. The molecule has 5 nitrogen and oxygen atoms in total. The Morgan fingerprint density at radius 2 is 1.88 bits per heavy atom. The summed E-state index contributed by atoms with van der Waals surface area (Å²) in [6.07, 6.45) is 2.34. The minimum Gasteiger partial charge on any atom is -0.483 e. The van der Waals surface area contributed by atoms with E-state index in [1.54, 1.807) is 0 Å². The van der Waals surface area contributed by atoms with E-state index in [9.17, 15) is 9.59 Å². The molecule has 0 radical (unpaired) electrons. The number of amides is 1. The molecule has 3 rings (SSSR count). The van der Waals surface area contributed by atoms with Crippen molar-refractivity contribution >= 4 is 11.9 Å². The number of carbonyl (C=O) groups excluding carboxylic acids is 1. The molecule has 1 aromatic carbocycles. The Bertz CT molecular complexity index is 669. The molecule has 1 amide bonds. The highest BCUT2D eigenvalue weighted by Crippen LogP contribution is 2.59. The van der Waals surface area contributed by atoms with Crippen LogP contribution in [0.1, 0.15) is 45.6 Å². The zero-order chi connectivity index (χ0) is 18.2. The number of carbonyl (C=O) groups is 2. The van der Waals surface area contributed by atoms with Crippen LogP contribution < -0.4 is 4.74 Å². The number of carboxylic acids is 1. The summed E-state index contributed by atoms with van der Waals surface area (Å²) in [4.78, 5) is 25.4. The highest BCUT2D eigenvalue weighted by Gasteiger charge is 2.59. The number of likely N-dealkylation sites (tertiary alicyclic amines) is 1. The van der Waals surface area contributed by atoms with Crippen LogP contribution in [0.4, 0.5) is 0 Å². The number of hydrogen-bond acceptors (Lipinski definition) is 3. The Hall–Kier alpha value is -2.04. The van der Waals surface area contributed by atoms with E-state index >= 15 is 0 Å². The molecule has 5 heteroatoms. The van der Waals surface area contributed by atoms with Crippen molar-refractivity contribution in [1.82, 2.24) is 4.90 Å². The summed E-state index contributed by atoms with van der Waals surface area (Å²) in [5.74, 6) is -0.169. The van der Waals surface area contributed by atoms with Crippen LogP contribution in [0.2, 0.25) is 0 Å². The molecular formula is C20H27NO4. The molecule has 2 aliphatic rings. The third-order valence-corrected chi connectivity index (χ3v) is 5.65. The van der Waals surface area contributed by atoms with Gasteiger partial charge in [0, 0.05) is 13.1 Å². The van der Waals surface area contributed by atoms with E-state index in [1.165, 1.54) is 0 Å². The number of carboxylic acid groups (broad SMARTS) is 1. The summed E-state index contributed by atoms with van der Waals surface area (Å²) in [6.45, 7) is 7.66. The second-order valence-corrected chi connectivity index (χ2v) is 8.37. The van der Waals surface area contributed by atoms with Crippen LogP contribution >= 0.6 is 0 Å². The molecule has 1 N–H and O–H groups in total. The topological polar surface area (TPSA) is 66.8 Å². The predicted octanol–water partition coefficient (Wildman–Crippen LogP) is 3.08. The molecule has 1 saturated carbocycles. The van der Waals surface area contributed by atoms with Gasteiger partial charge in [-0.05, 0) is 41.7 Å². The first kappa shape index (κ1) is 17.8. The van der Waals surface area contributed by atoms with E-state index < -0.39 is 5.97 Å². The predicted molar refractivity (Wildman–Crippen MR) is 94.6 cm³/mol. The Labute approximate surface area is 149 Å². The van der Waals surface area contributed by atoms with Crippen LogP contribution in [0.3, 0.4) is 0 Å². The lowest BCUT2D eigenvalue weighted by Crippen LogP contribution is -2.42. The van der Waals surface area contributed by atoms with E-state index in [0.29, 0.717) is 13.1 Å². The molecule has 1 atom stereocenters. The quantitative estimate of drug-likeness (QED) is 0.911. The first-order valence-electron chi connectivity index (χ1n) is 8.96. The molecule has 0 bridgehead atoms. The summed E-state index contributed by atoms with van der Waals surface area (Å²) < 4.78 is 5.82. The Kier molecular flexibility index (Phi) is 4.52. The molecule has 1 aromatic rings. The van der Waals surface area contributed by atoms with Crippen LogP contribution in [-0.2, 0) is 15.0 Å². The van der Waals surface area contributed by atoms with Gasteiger partial charge in [0.2, 0.25) is 0 Å². The lowest BCUT2D eigenvalue weighted by atomic mass is 9.86. The fraction of sp³-hybridized carbons (Fsp3) is 0.600. The monoisotopic (exact) mass is 345 g/mol. The Balaban J connectivity index is 1.54. The van der Waals surface area contributed by atoms with Crippen molar-refractivity contribution in [3.8, 4) is 5.75 Å². The minimum atomic E-state index is -0.693. The number of para-hydroxylation sites is 1. The van der Waals surface area contributed by atoms with Crippen LogP contribution in [0, 0.1) is 11.3 Å². The van der Waals surface area contributed by atoms with Crippen molar-refractivity contribution in [3.63, 3.8) is 0 Å². The third-order valence-electron chi connectivity index (χ3n) is 5.65. The van der Waals surface area contributed by atoms with Crippen LogP contribution in [0.15, 0.2) is 24.3 Å². The van der Waals surface area contributed by atoms with Crippen LogP contribution in [0.5, 0.6) is 5.75 Å². The van der Waals surface area contributed by atoms with E-state index in [-0.39, 0.29) is 29.3 Å². The first-order chi connectivity index (χ1) is 11.7. The molecule has 0 aromatic heterocycles. The Morgan fingerprint density at radius 1 is 1.24 bits per heavy atom. The molecule has 1 saturated heterocycles. The fourth-order valence-electron chi connectivity index (χ4n) is 3.89. The van der Waals surface area contributed by atoms with Gasteiger partial charge in [-0.25, -0.2) is 0 Å². The van der Waals surface area contributed by atoms with E-state index in [1.807, 2.05) is 29.2 Å². The van der Waals surface area contributed by atoms with Gasteiger partial charge in [0.1, 0.15) is 5.75 Å². The number of piperidine rings is 1. The van der Waals surface area contributed by atoms with Crippen molar-refractivity contribution in [2.45, 2.75) is 45.4 Å². The van der Waals surface area contributed by atoms with Gasteiger partial charge in [0.15, 0.2) is 6.61 Å². The summed E-state index contributed by atoms with van der Waals surface area (Å²) in [6, 6.07) is 7.83. The molecule has 25 heavy (non-hydrogen) atoms. The molecule has 1 unspecified atom stereocenters. The number of rotatable bonds is 4. The first-order valence-corrected chi connectivity index (χ1v) is 8.96. The van der Waals surface area contributed by atoms with E-state index in [0.717, 1.165) is 30.6 Å². The van der Waals surface area contributed by atoms with Crippen LogP contribution in [-0.4, -0.2) is 41.6 Å². The second kappa shape index (κ2) is 6.36. The maximum Gasteiger partial charge on any atom is 0.307 e. The van der Waals surface area contributed by atoms with Gasteiger partial charge in [-0.3, -0.25) is 9.59 Å². The molecule has 1 spiro atoms. The summed E-state index contributed by atoms with van der Waals surface area (Å²) in [7, 11) is 0. The SMILES string of the molecule is CC(C)(C)c1ccccc1OCC(=O)N1CCC2(CC1)CC2C(=O)O. The summed E-state index contributed by atoms with van der Waals surface area (Å²) >= 11 is 0. The Morgan fingerprint density at radius 3 is 2.44 bits per heavy atom. The number of hydrogen-bond donors (Lipinski definition) is 1. The standard InChI is InChI=1S/C20H27NO4/c1-19(2,3)14-6-4-5-7-16(14)25-13-17(22)21-10-8-20(9-11-21)12-15(20)18(23)24/h4-7,15H,8-13H2,1-3H3,(H,23,24). The van der Waals surface area contributed by atoms with Gasteiger partial charge < -0.3 is 14.7 Å². The molecular weight excluding hydrogens is 318 g/mol. The average Bonchev–Trinajstić information content (AvgIpc) is 3.26. The lowest BCUT2D eigenvalue weighted by molar-refractivity contribution is -0.140. The van der Waals surface area contributed by atoms with Gasteiger partial charge in [-0.1, -0.05) is 39.0 Å². The number of aliphatic carboxylic acids is 1. The summed E-state index contributed by atoms with van der Waals surface area (Å²) in [5, 5.41) is 9.15. The molecule has 1 heterocycles. The van der Waals surface area contributed by atoms with Crippen molar-refractivity contribution in [2.75, 3.05) is 19.7 Å². The molecule has 2 fully saturated rings. The highest BCUT2D eigenvalue weighted by atomic mass is 16.5. The smallest absolute Gasteiger partial charge is 0.307 e. The number of ether oxygens (including phenoxy) is 1. The van der Waals surface area contributed by atoms with Gasteiger partial charge >= 0.3 is 5.97 Å². The maximum absolute atomic E-state index is 12.5. The second-order valence-electron chi connectivity index (χ2n) is 8.37. The van der Waals surface area contributed by atoms with Crippen molar-refractivity contribution in [1.29, 1.82) is 0 Å². The van der Waals surface area contributed by atoms with E-state index in [4.69, 9.17) is 9.84 Å². The number of nitrogens with zero attached hydrogens (tertiary/aromatic N) is 1. The highest BCUT2D eigenvalue weighted by molar-refractivity contribution is 5.78. The number of benzene rings is 1. The molecule has 1 aliphatic carbocycles. The summed E-state index contributed by atoms with van der Waals surface area (Å²) in [5.41, 5.74) is 0.986. The molecule has 1 aliphatic heterocycles. The van der Waals surface area contributed by atoms with Gasteiger partial charge in [0.25, 0.3) is 5.91 Å². The minimum absolute atomic E-state index is 0.0221. The van der Waals surface area contributed by atoms with E-state index in [2.05, 4.69) is 20.8 Å². The maximum atomic E-state index is 12.5. The van der Waals surface area contributed by atoms with Gasteiger partial charge in [-0.15, -0.1) is 0 Å². The fourth-order valence-corrected chi connectivity index (χ4v) is 3.89. The van der Waals surface area contributed by atoms with Crippen LogP contribution in [0.25, 0.3) is 0 Å². The van der Waals surface area contributed by atoms with Crippen molar-refractivity contribution < 1.29 is 19.4 Å². The van der Waals surface area contributed by atoms with Gasteiger partial charge in [0.05, 0.1) is 5.92 Å². The van der Waals surface area contributed by atoms with Gasteiger partial charge in [-0.2, -0.15) is 0 Å². The zero-order valence-electron chi connectivity index (χ0n) is 15.2. The lowest BCUT2D eigenvalue weighted by Gasteiger charge is -2.32. The largest absolute Gasteiger partial charge is 0.483 e. The zero-order valence-corrected chi connectivity index (χ0v) is 15.2. The third kappa shape index (κ3) is 3.65. The molecule has 136 valence electrons. The van der Waals surface area contributed by atoms with Crippen molar-refractivity contribution in [2.24, 2.45) is 11.3 Å². The normalized spacial score (nSPS) is 21.9.